The quantitative estimate of drug-likeness (QED) is 0.233. The zero-order valence-electron chi connectivity index (χ0n) is 2.60. The van der Waals surface area contributed by atoms with E-state index in [1.165, 1.54) is 0 Å². The van der Waals surface area contributed by atoms with Crippen molar-refractivity contribution in [2.24, 2.45) is 0 Å². The molecule has 0 fully saturated rings. The van der Waals surface area contributed by atoms with Gasteiger partial charge in [0.25, 0.3) is 0 Å². The van der Waals surface area contributed by atoms with Gasteiger partial charge >= 0.3 is 51.4 Å². The van der Waals surface area contributed by atoms with Crippen LogP contribution in [0.4, 0.5) is 0 Å². The Balaban J connectivity index is 0. The maximum atomic E-state index is 7.12. The zero-order valence-corrected chi connectivity index (χ0v) is 5.72. The Labute approximate surface area is 67.3 Å². The van der Waals surface area contributed by atoms with E-state index in [1.54, 1.807) is 0 Å². The molecule has 0 saturated heterocycles. The van der Waals surface area contributed by atoms with E-state index < -0.39 is 6.79 Å². The normalized spacial score (nSPS) is 4.50. The summed E-state index contributed by atoms with van der Waals surface area (Å²) in [6, 6.07) is 0. The Morgan fingerprint density at radius 3 is 1.25 bits per heavy atom. The second-order valence-corrected chi connectivity index (χ2v) is 0.141. The molecule has 0 spiro atoms. The number of rotatable bonds is 0. The molecule has 0 aliphatic rings. The van der Waals surface area contributed by atoms with E-state index in [-0.39, 0.29) is 51.4 Å². The average molecular weight is 87.1 g/mol. The third-order valence-electron chi connectivity index (χ3n) is 0. The molecule has 4 heavy (non-hydrogen) atoms. The molecule has 2 nitrogen and oxygen atoms in total. The summed E-state index contributed by atoms with van der Waals surface area (Å²) in [4.78, 5) is 0. The molecule has 0 aromatic heterocycles. The third kappa shape index (κ3) is 9.59. The zero-order chi connectivity index (χ0) is 2.71. The summed E-state index contributed by atoms with van der Waals surface area (Å²) >= 11 is 0. The van der Waals surface area contributed by atoms with Crippen LogP contribution in [0.1, 0.15) is 0 Å². The van der Waals surface area contributed by atoms with Crippen molar-refractivity contribution in [2.45, 2.75) is 0 Å². The van der Waals surface area contributed by atoms with Gasteiger partial charge in [0.05, 0.1) is 0 Å². The smallest absolute Gasteiger partial charge is 0.371 e. The van der Waals surface area contributed by atoms with Crippen molar-refractivity contribution in [3.8, 4) is 0 Å². The number of aliphatic hydroxyl groups excluding tert-OH is 1. The molecule has 0 aromatic carbocycles. The summed E-state index contributed by atoms with van der Waals surface area (Å²) in [6.07, 6.45) is 0. The Kier molecular flexibility index (Phi) is 20.1. The number of hydrogen-bond acceptors (Lipinski definition) is 2. The van der Waals surface area contributed by atoms with Crippen molar-refractivity contribution in [1.82, 2.24) is 0 Å². The van der Waals surface area contributed by atoms with Crippen molar-refractivity contribution in [3.05, 3.63) is 0 Å². The van der Waals surface area contributed by atoms with Gasteiger partial charge in [-0.2, -0.15) is 0 Å². The van der Waals surface area contributed by atoms with Gasteiger partial charge in [-0.15, -0.1) is 0 Å². The van der Waals surface area contributed by atoms with Crippen LogP contribution in [-0.2, 0) is 0 Å². The van der Waals surface area contributed by atoms with E-state index >= 15 is 0 Å². The summed E-state index contributed by atoms with van der Waals surface area (Å²) in [5.74, 6) is 0. The predicted molar refractivity (Wildman–Crippen MR) is 9.30 cm³/mol. The predicted octanol–water partition coefficient (Wildman–Crippen LogP) is -4.07. The van der Waals surface area contributed by atoms with Crippen LogP contribution in [0.3, 0.4) is 0 Å². The summed E-state index contributed by atoms with van der Waals surface area (Å²) in [5.41, 5.74) is 0. The molecule has 0 aromatic rings. The number of hydrogen-bond donors (Lipinski definition) is 2. The van der Waals surface area contributed by atoms with Crippen LogP contribution in [-0.4, -0.2) is 17.0 Å². The van der Waals surface area contributed by atoms with Gasteiger partial charge in [0.1, 0.15) is 6.79 Å². The summed E-state index contributed by atoms with van der Waals surface area (Å²) < 4.78 is 0. The largest absolute Gasteiger partial charge is 1.00 e. The SMILES string of the molecule is OCO.[K+]. The molecule has 0 bridgehead atoms. The molecular formula is CH4KO2+. The molecule has 0 aliphatic heterocycles. The monoisotopic (exact) mass is 87.0 g/mol. The number of aliphatic hydroxyl groups is 2. The Bertz CT molecular complexity index is 6.00. The van der Waals surface area contributed by atoms with Crippen LogP contribution in [0.25, 0.3) is 0 Å². The van der Waals surface area contributed by atoms with Crippen LogP contribution in [0.5, 0.6) is 0 Å². The summed E-state index contributed by atoms with van der Waals surface area (Å²) in [6.45, 7) is -0.750. The maximum Gasteiger partial charge on any atom is 1.00 e. The van der Waals surface area contributed by atoms with E-state index in [4.69, 9.17) is 10.2 Å². The Hall–Kier alpha value is 1.56. The van der Waals surface area contributed by atoms with Crippen LogP contribution in [0, 0.1) is 0 Å². The van der Waals surface area contributed by atoms with Crippen molar-refractivity contribution in [3.63, 3.8) is 0 Å². The molecule has 0 radical (unpaired) electrons. The Morgan fingerprint density at radius 2 is 1.25 bits per heavy atom. The van der Waals surface area contributed by atoms with Crippen LogP contribution in [0.15, 0.2) is 0 Å². The van der Waals surface area contributed by atoms with Gasteiger partial charge in [-0.3, -0.25) is 0 Å². The van der Waals surface area contributed by atoms with Crippen molar-refractivity contribution in [2.75, 3.05) is 6.79 Å². The average Bonchev–Trinajstić information content (AvgIpc) is 0.918. The minimum atomic E-state index is -0.750. The first-order valence-corrected chi connectivity index (χ1v) is 0.632. The van der Waals surface area contributed by atoms with Crippen LogP contribution >= 0.6 is 0 Å². The second-order valence-electron chi connectivity index (χ2n) is 0.141. The topological polar surface area (TPSA) is 40.5 Å². The van der Waals surface area contributed by atoms with E-state index in [0.717, 1.165) is 0 Å². The Morgan fingerprint density at radius 1 is 1.25 bits per heavy atom. The third-order valence-corrected chi connectivity index (χ3v) is 0. The van der Waals surface area contributed by atoms with Gasteiger partial charge in [-0.05, 0) is 0 Å². The van der Waals surface area contributed by atoms with E-state index in [0.29, 0.717) is 0 Å². The van der Waals surface area contributed by atoms with Crippen molar-refractivity contribution >= 4 is 0 Å². The van der Waals surface area contributed by atoms with E-state index in [9.17, 15) is 0 Å². The van der Waals surface area contributed by atoms with Crippen LogP contribution < -0.4 is 51.4 Å². The van der Waals surface area contributed by atoms with Crippen molar-refractivity contribution < 1.29 is 61.6 Å². The van der Waals surface area contributed by atoms with Gasteiger partial charge in [0, 0.05) is 0 Å². The summed E-state index contributed by atoms with van der Waals surface area (Å²) in [5, 5.41) is 14.2. The first-order valence-electron chi connectivity index (χ1n) is 0.632. The fourth-order valence-corrected chi connectivity index (χ4v) is 0. The second kappa shape index (κ2) is 8.82. The molecule has 0 aliphatic carbocycles. The van der Waals surface area contributed by atoms with Gasteiger partial charge in [-0.25, -0.2) is 0 Å². The van der Waals surface area contributed by atoms with Gasteiger partial charge in [0.2, 0.25) is 0 Å². The molecule has 0 rings (SSSR count). The summed E-state index contributed by atoms with van der Waals surface area (Å²) in [7, 11) is 0. The first-order chi connectivity index (χ1) is 1.41. The van der Waals surface area contributed by atoms with E-state index in [2.05, 4.69) is 0 Å². The van der Waals surface area contributed by atoms with E-state index in [1.807, 2.05) is 0 Å². The minimum absolute atomic E-state index is 0. The molecule has 3 heteroatoms. The maximum absolute atomic E-state index is 7.12. The molecule has 0 unspecified atom stereocenters. The van der Waals surface area contributed by atoms with Crippen molar-refractivity contribution in [1.29, 1.82) is 0 Å². The van der Waals surface area contributed by atoms with Gasteiger partial charge in [-0.1, -0.05) is 0 Å². The first kappa shape index (κ1) is 9.12. The van der Waals surface area contributed by atoms with Gasteiger partial charge in [0.15, 0.2) is 0 Å². The molecule has 20 valence electrons. The molecule has 0 saturated carbocycles. The fraction of sp³-hybridized carbons (Fsp3) is 1.00. The molecule has 0 atom stereocenters. The fourth-order valence-electron chi connectivity index (χ4n) is 0. The minimum Gasteiger partial charge on any atom is -0.371 e. The molecule has 0 amide bonds. The van der Waals surface area contributed by atoms with Crippen LogP contribution in [0.2, 0.25) is 0 Å². The standard InChI is InChI=1S/CH4O2.K/c2-1-3;/h2-3H,1H2;/q;+1. The molecule has 2 N–H and O–H groups in total. The van der Waals surface area contributed by atoms with Gasteiger partial charge < -0.3 is 10.2 Å². The molecule has 0 heterocycles. The molecular weight excluding hydrogens is 83.1 g/mol.